The Morgan fingerprint density at radius 1 is 1.05 bits per heavy atom. The SMILES string of the molecule is CCOC(CN1CCN(C(=O)OC(C)(C)C)CC1)OCC. The molecule has 0 aliphatic carbocycles. The van der Waals surface area contributed by atoms with Crippen molar-refractivity contribution in [2.45, 2.75) is 46.5 Å². The van der Waals surface area contributed by atoms with E-state index in [9.17, 15) is 4.79 Å². The van der Waals surface area contributed by atoms with Crippen LogP contribution in [0.2, 0.25) is 0 Å². The lowest BCUT2D eigenvalue weighted by Gasteiger charge is -2.36. The number of amides is 1. The predicted molar refractivity (Wildman–Crippen MR) is 81.3 cm³/mol. The number of nitrogens with zero attached hydrogens (tertiary/aromatic N) is 2. The first-order valence-electron chi connectivity index (χ1n) is 7.79. The summed E-state index contributed by atoms with van der Waals surface area (Å²) in [5, 5.41) is 0. The monoisotopic (exact) mass is 302 g/mol. The molecule has 1 rings (SSSR count). The van der Waals surface area contributed by atoms with Crippen molar-refractivity contribution in [1.82, 2.24) is 9.80 Å². The van der Waals surface area contributed by atoms with Gasteiger partial charge in [-0.2, -0.15) is 0 Å². The van der Waals surface area contributed by atoms with E-state index in [1.54, 1.807) is 4.90 Å². The first-order valence-corrected chi connectivity index (χ1v) is 7.79. The first-order chi connectivity index (χ1) is 9.85. The van der Waals surface area contributed by atoms with Crippen LogP contribution in [-0.4, -0.2) is 73.7 Å². The standard InChI is InChI=1S/C15H30N2O4/c1-6-19-13(20-7-2)12-16-8-10-17(11-9-16)14(18)21-15(3,4)5/h13H,6-12H2,1-5H3. The Balaban J connectivity index is 2.35. The molecular weight excluding hydrogens is 272 g/mol. The molecule has 0 N–H and O–H groups in total. The number of ether oxygens (including phenoxy) is 3. The summed E-state index contributed by atoms with van der Waals surface area (Å²) < 4.78 is 16.5. The molecule has 1 amide bonds. The Hall–Kier alpha value is -0.850. The minimum Gasteiger partial charge on any atom is -0.444 e. The average molecular weight is 302 g/mol. The fourth-order valence-electron chi connectivity index (χ4n) is 2.18. The van der Waals surface area contributed by atoms with Gasteiger partial charge in [0.05, 0.1) is 0 Å². The molecule has 1 saturated heterocycles. The molecule has 0 aromatic rings. The maximum atomic E-state index is 12.0. The van der Waals surface area contributed by atoms with Crippen LogP contribution in [-0.2, 0) is 14.2 Å². The summed E-state index contributed by atoms with van der Waals surface area (Å²) in [6.45, 7) is 14.6. The molecule has 6 nitrogen and oxygen atoms in total. The summed E-state index contributed by atoms with van der Waals surface area (Å²) in [7, 11) is 0. The smallest absolute Gasteiger partial charge is 0.410 e. The van der Waals surface area contributed by atoms with Gasteiger partial charge in [0, 0.05) is 45.9 Å². The largest absolute Gasteiger partial charge is 0.444 e. The van der Waals surface area contributed by atoms with E-state index in [4.69, 9.17) is 14.2 Å². The molecule has 0 radical (unpaired) electrons. The van der Waals surface area contributed by atoms with Gasteiger partial charge in [-0.15, -0.1) is 0 Å². The first kappa shape index (κ1) is 18.2. The van der Waals surface area contributed by atoms with Gasteiger partial charge in [0.1, 0.15) is 5.60 Å². The van der Waals surface area contributed by atoms with Crippen molar-refractivity contribution in [2.24, 2.45) is 0 Å². The minimum atomic E-state index is -0.441. The molecule has 0 bridgehead atoms. The summed E-state index contributed by atoms with van der Waals surface area (Å²) in [4.78, 5) is 16.0. The fourth-order valence-corrected chi connectivity index (χ4v) is 2.18. The number of carbonyl (C=O) groups excluding carboxylic acids is 1. The molecule has 0 unspecified atom stereocenters. The molecule has 1 heterocycles. The maximum Gasteiger partial charge on any atom is 0.410 e. The van der Waals surface area contributed by atoms with Gasteiger partial charge in [-0.1, -0.05) is 0 Å². The summed E-state index contributed by atoms with van der Waals surface area (Å²) >= 11 is 0. The number of hydrogen-bond donors (Lipinski definition) is 0. The molecule has 0 aromatic carbocycles. The maximum absolute atomic E-state index is 12.0. The number of rotatable bonds is 6. The van der Waals surface area contributed by atoms with Gasteiger partial charge in [0.15, 0.2) is 6.29 Å². The normalized spacial score (nSPS) is 17.3. The van der Waals surface area contributed by atoms with Crippen LogP contribution in [0.1, 0.15) is 34.6 Å². The van der Waals surface area contributed by atoms with Crippen molar-refractivity contribution in [3.8, 4) is 0 Å². The number of carbonyl (C=O) groups is 1. The van der Waals surface area contributed by atoms with Crippen LogP contribution in [0.5, 0.6) is 0 Å². The van der Waals surface area contributed by atoms with Crippen LogP contribution in [0, 0.1) is 0 Å². The molecule has 21 heavy (non-hydrogen) atoms. The van der Waals surface area contributed by atoms with E-state index < -0.39 is 5.60 Å². The topological polar surface area (TPSA) is 51.2 Å². The quantitative estimate of drug-likeness (QED) is 0.702. The Morgan fingerprint density at radius 3 is 2.00 bits per heavy atom. The molecule has 1 fully saturated rings. The molecule has 1 aliphatic rings. The van der Waals surface area contributed by atoms with E-state index >= 15 is 0 Å². The zero-order chi connectivity index (χ0) is 15.9. The van der Waals surface area contributed by atoms with Crippen molar-refractivity contribution in [3.05, 3.63) is 0 Å². The van der Waals surface area contributed by atoms with Crippen LogP contribution in [0.3, 0.4) is 0 Å². The second kappa shape index (κ2) is 8.56. The Morgan fingerprint density at radius 2 is 1.57 bits per heavy atom. The predicted octanol–water partition coefficient (Wildman–Crippen LogP) is 1.94. The minimum absolute atomic E-state index is 0.187. The lowest BCUT2D eigenvalue weighted by atomic mass is 10.2. The summed E-state index contributed by atoms with van der Waals surface area (Å²) in [5.41, 5.74) is -0.441. The van der Waals surface area contributed by atoms with Crippen molar-refractivity contribution in [1.29, 1.82) is 0 Å². The lowest BCUT2D eigenvalue weighted by Crippen LogP contribution is -2.51. The third-order valence-electron chi connectivity index (χ3n) is 3.14. The molecule has 0 aromatic heterocycles. The summed E-state index contributed by atoms with van der Waals surface area (Å²) in [6, 6.07) is 0. The highest BCUT2D eigenvalue weighted by atomic mass is 16.7. The third-order valence-corrected chi connectivity index (χ3v) is 3.14. The highest BCUT2D eigenvalue weighted by Crippen LogP contribution is 2.12. The van der Waals surface area contributed by atoms with Gasteiger partial charge >= 0.3 is 6.09 Å². The van der Waals surface area contributed by atoms with Crippen LogP contribution < -0.4 is 0 Å². The van der Waals surface area contributed by atoms with Crippen LogP contribution in [0.15, 0.2) is 0 Å². The van der Waals surface area contributed by atoms with Gasteiger partial charge < -0.3 is 19.1 Å². The van der Waals surface area contributed by atoms with Crippen molar-refractivity contribution in [2.75, 3.05) is 45.9 Å². The lowest BCUT2D eigenvalue weighted by molar-refractivity contribution is -0.149. The van der Waals surface area contributed by atoms with Gasteiger partial charge in [0.2, 0.25) is 0 Å². The number of piperazine rings is 1. The molecule has 124 valence electrons. The van der Waals surface area contributed by atoms with Gasteiger partial charge in [-0.3, -0.25) is 4.90 Å². The summed E-state index contributed by atoms with van der Waals surface area (Å²) in [5.74, 6) is 0. The highest BCUT2D eigenvalue weighted by molar-refractivity contribution is 5.68. The molecule has 0 saturated carbocycles. The van der Waals surface area contributed by atoms with E-state index in [0.717, 1.165) is 19.6 Å². The Bertz CT molecular complexity index is 303. The van der Waals surface area contributed by atoms with E-state index in [0.29, 0.717) is 26.3 Å². The molecule has 1 aliphatic heterocycles. The van der Waals surface area contributed by atoms with Crippen molar-refractivity contribution < 1.29 is 19.0 Å². The van der Waals surface area contributed by atoms with Crippen LogP contribution >= 0.6 is 0 Å². The van der Waals surface area contributed by atoms with E-state index in [1.165, 1.54) is 0 Å². The fraction of sp³-hybridized carbons (Fsp3) is 0.933. The molecule has 0 spiro atoms. The molecule has 0 atom stereocenters. The van der Waals surface area contributed by atoms with Crippen molar-refractivity contribution >= 4 is 6.09 Å². The van der Waals surface area contributed by atoms with E-state index in [1.807, 2.05) is 34.6 Å². The number of hydrogen-bond acceptors (Lipinski definition) is 5. The van der Waals surface area contributed by atoms with Gasteiger partial charge in [0.25, 0.3) is 0 Å². The van der Waals surface area contributed by atoms with Crippen molar-refractivity contribution in [3.63, 3.8) is 0 Å². The van der Waals surface area contributed by atoms with E-state index in [-0.39, 0.29) is 12.4 Å². The zero-order valence-electron chi connectivity index (χ0n) is 14.1. The van der Waals surface area contributed by atoms with Crippen LogP contribution in [0.25, 0.3) is 0 Å². The zero-order valence-corrected chi connectivity index (χ0v) is 14.1. The second-order valence-electron chi connectivity index (χ2n) is 6.11. The van der Waals surface area contributed by atoms with Gasteiger partial charge in [-0.05, 0) is 34.6 Å². The highest BCUT2D eigenvalue weighted by Gasteiger charge is 2.26. The third kappa shape index (κ3) is 7.11. The summed E-state index contributed by atoms with van der Waals surface area (Å²) in [6.07, 6.45) is -0.415. The molecule has 6 heteroatoms. The Kier molecular flexibility index (Phi) is 7.42. The second-order valence-corrected chi connectivity index (χ2v) is 6.11. The Labute approximate surface area is 128 Å². The average Bonchev–Trinajstić information content (AvgIpc) is 2.38. The van der Waals surface area contributed by atoms with E-state index in [2.05, 4.69) is 4.90 Å². The molecular formula is C15H30N2O4. The van der Waals surface area contributed by atoms with Crippen LogP contribution in [0.4, 0.5) is 4.79 Å². The van der Waals surface area contributed by atoms with Gasteiger partial charge in [-0.25, -0.2) is 4.79 Å².